The van der Waals surface area contributed by atoms with Gasteiger partial charge in [-0.25, -0.2) is 0 Å². The second-order valence-corrected chi connectivity index (χ2v) is 21.5. The smallest absolute Gasteiger partial charge is 0.303 e. The molecule has 2 saturated heterocycles. The molecule has 2 heterocycles. The third kappa shape index (κ3) is 13.1. The van der Waals surface area contributed by atoms with Crippen molar-refractivity contribution >= 4 is 52.9 Å². The number of phenols is 2. The molecule has 5 amide bonds. The van der Waals surface area contributed by atoms with Gasteiger partial charge < -0.3 is 65.9 Å². The van der Waals surface area contributed by atoms with Gasteiger partial charge in [-0.2, -0.15) is 0 Å². The van der Waals surface area contributed by atoms with Gasteiger partial charge in [0.05, 0.1) is 42.4 Å². The minimum absolute atomic E-state index is 0.0388. The maximum absolute atomic E-state index is 14.7. The molecule has 22 heteroatoms. The van der Waals surface area contributed by atoms with Crippen LogP contribution in [0.4, 0.5) is 0 Å². The molecule has 0 aromatic heterocycles. The fourth-order valence-electron chi connectivity index (χ4n) is 11.0. The van der Waals surface area contributed by atoms with E-state index in [4.69, 9.17) is 19.3 Å². The summed E-state index contributed by atoms with van der Waals surface area (Å²) in [6.07, 6.45) is -4.02. The number of aliphatic hydroxyl groups excluding tert-OH is 1. The number of hydrogen-bond acceptors (Lipinski definition) is 16. The van der Waals surface area contributed by atoms with E-state index in [0.29, 0.717) is 12.0 Å². The number of aliphatic hydroxyl groups is 2. The molecule has 2 fully saturated rings. The summed E-state index contributed by atoms with van der Waals surface area (Å²) in [6, 6.07) is 9.34. The van der Waals surface area contributed by atoms with Crippen LogP contribution in [0.2, 0.25) is 0 Å². The molecule has 10 unspecified atom stereocenters. The van der Waals surface area contributed by atoms with Crippen LogP contribution in [0.1, 0.15) is 141 Å². The summed E-state index contributed by atoms with van der Waals surface area (Å²) in [6.45, 7) is 8.19. The molecule has 0 bridgehead atoms. The summed E-state index contributed by atoms with van der Waals surface area (Å²) in [5, 5.41) is 66.0. The van der Waals surface area contributed by atoms with Crippen LogP contribution in [0.15, 0.2) is 48.5 Å². The number of aliphatic carboxylic acids is 1. The van der Waals surface area contributed by atoms with Gasteiger partial charge in [-0.1, -0.05) is 70.2 Å². The summed E-state index contributed by atoms with van der Waals surface area (Å²) in [5.74, 6) is -8.93. The lowest BCUT2D eigenvalue weighted by molar-refractivity contribution is -0.238. The first-order valence-corrected chi connectivity index (χ1v) is 26.8. The minimum Gasteiger partial charge on any atom is -0.507 e. The summed E-state index contributed by atoms with van der Waals surface area (Å²) >= 11 is 0. The van der Waals surface area contributed by atoms with Crippen LogP contribution in [0.3, 0.4) is 0 Å². The Hall–Kier alpha value is -7.27. The van der Waals surface area contributed by atoms with Crippen molar-refractivity contribution in [2.75, 3.05) is 26.8 Å². The van der Waals surface area contributed by atoms with E-state index in [0.717, 1.165) is 0 Å². The summed E-state index contributed by atoms with van der Waals surface area (Å²) < 4.78 is 18.2. The Balaban J connectivity index is 1.09. The number of likely N-dealkylation sites (tertiary alicyclic amines) is 1. The molecule has 9 N–H and O–H groups in total. The Morgan fingerprint density at radius 2 is 1.58 bits per heavy atom. The van der Waals surface area contributed by atoms with Gasteiger partial charge in [0.1, 0.15) is 47.6 Å². The lowest BCUT2D eigenvalue weighted by atomic mass is 9.72. The van der Waals surface area contributed by atoms with Gasteiger partial charge in [0.15, 0.2) is 17.9 Å². The zero-order valence-corrected chi connectivity index (χ0v) is 45.2. The van der Waals surface area contributed by atoms with Crippen molar-refractivity contribution in [1.29, 1.82) is 0 Å². The van der Waals surface area contributed by atoms with E-state index in [1.165, 1.54) is 30.2 Å². The van der Waals surface area contributed by atoms with Crippen LogP contribution >= 0.6 is 0 Å². The molecule has 7 rings (SSSR count). The molecule has 0 spiro atoms. The van der Waals surface area contributed by atoms with Crippen molar-refractivity contribution < 1.29 is 82.9 Å². The van der Waals surface area contributed by atoms with E-state index in [9.17, 15) is 63.6 Å². The third-order valence-corrected chi connectivity index (χ3v) is 15.6. The third-order valence-electron chi connectivity index (χ3n) is 15.6. The largest absolute Gasteiger partial charge is 0.507 e. The Bertz CT molecular complexity index is 2860. The number of nitrogens with one attached hydrogen (secondary N) is 4. The van der Waals surface area contributed by atoms with Crippen LogP contribution in [-0.2, 0) is 55.9 Å². The standard InChI is InChI=1S/C57H71N5O17/c1-28(2)22-37(61-53(72)29(3)19-20-58-42(65)17-18-43(66)67)56(75)62-21-11-15-38(62)55(74)60-36(23-32-12-8-7-9-13-32)54(73)59-35-24-44(78-31(5)30(35)4)79-40-26-57(76,41(64)27-63)25-34-46(40)52(71)48-47(50(34)69)49(68)33-14-10-16-39(77-6)45(33)51(48)70/h7-10,12-14,16,28-31,35-38,40,44,63,69,71,76H,11,15,17-27H2,1-6H3,(H,58,65)(H,59,73)(H,60,74)(H,61,72)(H,66,67). The molecule has 0 saturated carbocycles. The van der Waals surface area contributed by atoms with Crippen molar-refractivity contribution in [2.24, 2.45) is 17.8 Å². The Morgan fingerprint density at radius 3 is 2.25 bits per heavy atom. The number of benzene rings is 3. The molecule has 2 aliphatic heterocycles. The van der Waals surface area contributed by atoms with Crippen LogP contribution < -0.4 is 26.0 Å². The number of phenolic OH excluding ortho intramolecular Hbond substituents is 2. The number of ether oxygens (including phenoxy) is 3. The van der Waals surface area contributed by atoms with E-state index in [2.05, 4.69) is 21.3 Å². The SMILES string of the molecule is COc1cccc2c1C(=O)c1c(O)c3c(c(O)c1C2=O)CC(O)(C(=O)CO)CC3OC1CC(NC(=O)C(Cc2ccccc2)NC(=O)C2CCCN2C(=O)C(CC(C)C)NC(=O)C(C)CCNC(=O)CCC(=O)O)C(C)C(C)O1. The quantitative estimate of drug-likeness (QED) is 0.0511. The molecule has 3 aromatic rings. The summed E-state index contributed by atoms with van der Waals surface area (Å²) in [7, 11) is 1.30. The monoisotopic (exact) mass is 1100 g/mol. The Labute approximate surface area is 456 Å². The number of nitrogens with zero attached hydrogens (tertiary/aromatic N) is 1. The molecule has 79 heavy (non-hydrogen) atoms. The van der Waals surface area contributed by atoms with Gasteiger partial charge in [-0.05, 0) is 50.2 Å². The zero-order chi connectivity index (χ0) is 57.6. The number of amides is 5. The number of ketones is 3. The van der Waals surface area contributed by atoms with Gasteiger partial charge in [0.2, 0.25) is 35.3 Å². The second-order valence-electron chi connectivity index (χ2n) is 21.5. The maximum Gasteiger partial charge on any atom is 0.303 e. The highest BCUT2D eigenvalue weighted by molar-refractivity contribution is 6.31. The number of carboxylic acid groups (broad SMARTS) is 1. The lowest BCUT2D eigenvalue weighted by Crippen LogP contribution is -2.59. The fourth-order valence-corrected chi connectivity index (χ4v) is 11.0. The van der Waals surface area contributed by atoms with Crippen molar-refractivity contribution in [1.82, 2.24) is 26.2 Å². The molecule has 426 valence electrons. The van der Waals surface area contributed by atoms with E-state index in [1.807, 2.05) is 20.8 Å². The van der Waals surface area contributed by atoms with Crippen molar-refractivity contribution in [3.8, 4) is 17.2 Å². The normalized spacial score (nSPS) is 23.5. The van der Waals surface area contributed by atoms with Gasteiger partial charge in [-0.15, -0.1) is 0 Å². The van der Waals surface area contributed by atoms with Gasteiger partial charge in [-0.3, -0.25) is 43.2 Å². The number of methoxy groups -OCH3 is 1. The average molecular weight is 1100 g/mol. The van der Waals surface area contributed by atoms with E-state index in [-0.39, 0.29) is 92.0 Å². The first-order valence-electron chi connectivity index (χ1n) is 26.8. The van der Waals surface area contributed by atoms with Gasteiger partial charge in [0, 0.05) is 79.8 Å². The van der Waals surface area contributed by atoms with Crippen LogP contribution in [-0.4, -0.2) is 152 Å². The fraction of sp³-hybridized carbons (Fsp3) is 0.526. The number of fused-ring (bicyclic) bond motifs is 3. The predicted octanol–water partition coefficient (Wildman–Crippen LogP) is 2.69. The highest BCUT2D eigenvalue weighted by atomic mass is 16.7. The van der Waals surface area contributed by atoms with Crippen LogP contribution in [0, 0.1) is 17.8 Å². The number of aromatic hydroxyl groups is 2. The highest BCUT2D eigenvalue weighted by Crippen LogP contribution is 2.52. The Morgan fingerprint density at radius 1 is 0.873 bits per heavy atom. The summed E-state index contributed by atoms with van der Waals surface area (Å²) in [5.41, 5.74) is -3.51. The first kappa shape index (κ1) is 59.4. The molecular formula is C57H71N5O17. The van der Waals surface area contributed by atoms with Crippen molar-refractivity contribution in [2.45, 2.75) is 147 Å². The average Bonchev–Trinajstić information content (AvgIpc) is 4.07. The van der Waals surface area contributed by atoms with Crippen LogP contribution in [0.5, 0.6) is 17.2 Å². The molecule has 4 aliphatic rings. The molecule has 22 nitrogen and oxygen atoms in total. The topological polar surface area (TPSA) is 334 Å². The molecule has 0 radical (unpaired) electrons. The van der Waals surface area contributed by atoms with E-state index in [1.54, 1.807) is 44.2 Å². The molecular weight excluding hydrogens is 1030 g/mol. The van der Waals surface area contributed by atoms with Crippen molar-refractivity contribution in [3.05, 3.63) is 87.5 Å². The number of carbonyl (C=O) groups excluding carboxylic acids is 8. The molecule has 2 aliphatic carbocycles. The summed E-state index contributed by atoms with van der Waals surface area (Å²) in [4.78, 5) is 123. The van der Waals surface area contributed by atoms with Crippen LogP contribution in [0.25, 0.3) is 0 Å². The van der Waals surface area contributed by atoms with Gasteiger partial charge >= 0.3 is 5.97 Å². The second kappa shape index (κ2) is 25.2. The number of carbonyl (C=O) groups is 9. The minimum atomic E-state index is -2.40. The van der Waals surface area contributed by atoms with Gasteiger partial charge in [0.25, 0.3) is 0 Å². The number of Topliss-reactive ketones (excluding diaryl/α,β-unsaturated/α-hetero) is 1. The van der Waals surface area contributed by atoms with E-state index >= 15 is 0 Å². The number of carboxylic acids is 1. The number of rotatable bonds is 22. The Kier molecular flexibility index (Phi) is 19.0. The first-order chi connectivity index (χ1) is 37.5. The van der Waals surface area contributed by atoms with E-state index < -0.39 is 155 Å². The molecule has 3 aromatic carbocycles. The number of hydrogen-bond donors (Lipinski definition) is 9. The predicted molar refractivity (Wildman–Crippen MR) is 281 cm³/mol. The zero-order valence-electron chi connectivity index (χ0n) is 45.2. The highest BCUT2D eigenvalue weighted by Gasteiger charge is 2.51. The molecule has 10 atom stereocenters. The maximum atomic E-state index is 14.7. The van der Waals surface area contributed by atoms with Crippen molar-refractivity contribution in [3.63, 3.8) is 0 Å². The lowest BCUT2D eigenvalue weighted by Gasteiger charge is -2.43.